The molecule has 0 aliphatic rings. The number of thioether (sulfide) groups is 1. The SMILES string of the molecule is CCCC/C(C)=N/NC(=O)c1ccc(CSc2ccc(Cl)cc2)cc1. The number of halogens is 1. The van der Waals surface area contributed by atoms with Gasteiger partial charge in [-0.15, -0.1) is 11.8 Å². The van der Waals surface area contributed by atoms with Crippen molar-refractivity contribution in [3.05, 3.63) is 64.7 Å². The molecule has 1 amide bonds. The summed E-state index contributed by atoms with van der Waals surface area (Å²) in [4.78, 5) is 13.3. The normalized spacial score (nSPS) is 11.4. The zero-order valence-electron chi connectivity index (χ0n) is 14.6. The smallest absolute Gasteiger partial charge is 0.267 e. The van der Waals surface area contributed by atoms with Gasteiger partial charge in [-0.3, -0.25) is 4.79 Å². The van der Waals surface area contributed by atoms with Gasteiger partial charge < -0.3 is 0 Å². The van der Waals surface area contributed by atoms with Crippen molar-refractivity contribution in [1.82, 2.24) is 5.43 Å². The Kier molecular flexibility index (Phi) is 8.02. The molecule has 0 aromatic heterocycles. The lowest BCUT2D eigenvalue weighted by Crippen LogP contribution is -2.19. The van der Waals surface area contributed by atoms with Crippen LogP contribution in [0.1, 0.15) is 49.0 Å². The topological polar surface area (TPSA) is 41.5 Å². The molecule has 1 N–H and O–H groups in total. The predicted octanol–water partition coefficient (Wildman–Crippen LogP) is 5.93. The molecule has 0 radical (unpaired) electrons. The number of hydrazone groups is 1. The zero-order valence-corrected chi connectivity index (χ0v) is 16.2. The highest BCUT2D eigenvalue weighted by Crippen LogP contribution is 2.24. The summed E-state index contributed by atoms with van der Waals surface area (Å²) in [5.74, 6) is 0.672. The molecule has 0 heterocycles. The number of nitrogens with zero attached hydrogens (tertiary/aromatic N) is 1. The fourth-order valence-corrected chi connectivity index (χ4v) is 3.13. The van der Waals surface area contributed by atoms with Crippen LogP contribution in [0.15, 0.2) is 58.5 Å². The maximum Gasteiger partial charge on any atom is 0.271 e. The third kappa shape index (κ3) is 6.92. The first-order valence-corrected chi connectivity index (χ1v) is 9.75. The maximum absolute atomic E-state index is 12.1. The molecule has 2 rings (SSSR count). The summed E-state index contributed by atoms with van der Waals surface area (Å²) in [7, 11) is 0. The van der Waals surface area contributed by atoms with E-state index in [-0.39, 0.29) is 5.91 Å². The minimum atomic E-state index is -0.173. The highest BCUT2D eigenvalue weighted by Gasteiger charge is 2.05. The van der Waals surface area contributed by atoms with Crippen LogP contribution in [-0.2, 0) is 5.75 Å². The minimum absolute atomic E-state index is 0.173. The average molecular weight is 375 g/mol. The van der Waals surface area contributed by atoms with Gasteiger partial charge in [-0.2, -0.15) is 5.10 Å². The quantitative estimate of drug-likeness (QED) is 0.353. The molecule has 0 aliphatic carbocycles. The summed E-state index contributed by atoms with van der Waals surface area (Å²) in [6.07, 6.45) is 3.12. The maximum atomic E-state index is 12.1. The number of carbonyl (C=O) groups is 1. The number of hydrogen-bond acceptors (Lipinski definition) is 3. The highest BCUT2D eigenvalue weighted by molar-refractivity contribution is 7.98. The first-order chi connectivity index (χ1) is 12.1. The van der Waals surface area contributed by atoms with Crippen LogP contribution >= 0.6 is 23.4 Å². The number of nitrogens with one attached hydrogen (secondary N) is 1. The second kappa shape index (κ2) is 10.3. The van der Waals surface area contributed by atoms with Gasteiger partial charge in [0.1, 0.15) is 0 Å². The third-order valence-electron chi connectivity index (χ3n) is 3.68. The standard InChI is InChI=1S/C20H23ClN2OS/c1-3-4-5-15(2)22-23-20(24)17-8-6-16(7-9-17)14-25-19-12-10-18(21)11-13-19/h6-13H,3-5,14H2,1-2H3,(H,23,24)/b22-15+. The van der Waals surface area contributed by atoms with Crippen LogP contribution in [-0.4, -0.2) is 11.6 Å². The summed E-state index contributed by atoms with van der Waals surface area (Å²) >= 11 is 7.63. The first kappa shape index (κ1) is 19.5. The Hall–Kier alpha value is -1.78. The molecule has 2 aromatic carbocycles. The second-order valence-electron chi connectivity index (χ2n) is 5.83. The zero-order chi connectivity index (χ0) is 18.1. The number of carbonyl (C=O) groups excluding carboxylic acids is 1. The Morgan fingerprint density at radius 2 is 1.80 bits per heavy atom. The summed E-state index contributed by atoms with van der Waals surface area (Å²) < 4.78 is 0. The summed E-state index contributed by atoms with van der Waals surface area (Å²) in [6.45, 7) is 4.08. The van der Waals surface area contributed by atoms with Crippen molar-refractivity contribution in [3.63, 3.8) is 0 Å². The van der Waals surface area contributed by atoms with Crippen LogP contribution < -0.4 is 5.43 Å². The van der Waals surface area contributed by atoms with E-state index in [4.69, 9.17) is 11.6 Å². The molecule has 132 valence electrons. The lowest BCUT2D eigenvalue weighted by Gasteiger charge is -2.05. The Morgan fingerprint density at radius 1 is 1.12 bits per heavy atom. The summed E-state index contributed by atoms with van der Waals surface area (Å²) in [5.41, 5.74) is 5.36. The van der Waals surface area contributed by atoms with Crippen LogP contribution in [0.4, 0.5) is 0 Å². The molecule has 0 unspecified atom stereocenters. The van der Waals surface area contributed by atoms with E-state index >= 15 is 0 Å². The van der Waals surface area contributed by atoms with Crippen LogP contribution in [0.3, 0.4) is 0 Å². The summed E-state index contributed by atoms with van der Waals surface area (Å²) in [6, 6.07) is 15.4. The molecular weight excluding hydrogens is 352 g/mol. The Balaban J connectivity index is 1.86. The molecule has 2 aromatic rings. The van der Waals surface area contributed by atoms with Gasteiger partial charge in [0.05, 0.1) is 0 Å². The van der Waals surface area contributed by atoms with E-state index in [0.29, 0.717) is 5.56 Å². The van der Waals surface area contributed by atoms with Crippen LogP contribution in [0, 0.1) is 0 Å². The van der Waals surface area contributed by atoms with Gasteiger partial charge in [0.15, 0.2) is 0 Å². The Bertz CT molecular complexity index is 711. The van der Waals surface area contributed by atoms with Crippen LogP contribution in [0.25, 0.3) is 0 Å². The van der Waals surface area contributed by atoms with E-state index in [1.54, 1.807) is 11.8 Å². The molecule has 0 aliphatic heterocycles. The molecule has 0 bridgehead atoms. The predicted molar refractivity (Wildman–Crippen MR) is 108 cm³/mol. The number of benzene rings is 2. The Morgan fingerprint density at radius 3 is 2.44 bits per heavy atom. The lowest BCUT2D eigenvalue weighted by atomic mass is 10.1. The average Bonchev–Trinajstić information content (AvgIpc) is 2.64. The van der Waals surface area contributed by atoms with Gasteiger partial charge >= 0.3 is 0 Å². The van der Waals surface area contributed by atoms with E-state index in [0.717, 1.165) is 35.7 Å². The van der Waals surface area contributed by atoms with Gasteiger partial charge in [0.25, 0.3) is 5.91 Å². The molecule has 5 heteroatoms. The van der Waals surface area contributed by atoms with Gasteiger partial charge in [-0.25, -0.2) is 5.43 Å². The van der Waals surface area contributed by atoms with Gasteiger partial charge in [0.2, 0.25) is 0 Å². The third-order valence-corrected chi connectivity index (χ3v) is 5.01. The molecule has 0 spiro atoms. The second-order valence-corrected chi connectivity index (χ2v) is 7.32. The van der Waals surface area contributed by atoms with E-state index in [2.05, 4.69) is 17.5 Å². The van der Waals surface area contributed by atoms with Crippen molar-refractivity contribution < 1.29 is 4.79 Å². The summed E-state index contributed by atoms with van der Waals surface area (Å²) in [5, 5.41) is 4.89. The fraction of sp³-hybridized carbons (Fsp3) is 0.300. The van der Waals surface area contributed by atoms with Crippen molar-refractivity contribution in [2.45, 2.75) is 43.8 Å². The van der Waals surface area contributed by atoms with Crippen molar-refractivity contribution in [1.29, 1.82) is 0 Å². The number of hydrogen-bond donors (Lipinski definition) is 1. The number of amides is 1. The molecular formula is C20H23ClN2OS. The molecule has 0 atom stereocenters. The van der Waals surface area contributed by atoms with Crippen molar-refractivity contribution >= 4 is 35.0 Å². The molecule has 3 nitrogen and oxygen atoms in total. The first-order valence-electron chi connectivity index (χ1n) is 8.39. The largest absolute Gasteiger partial charge is 0.271 e. The van der Waals surface area contributed by atoms with Crippen molar-refractivity contribution in [2.75, 3.05) is 0 Å². The minimum Gasteiger partial charge on any atom is -0.267 e. The monoisotopic (exact) mass is 374 g/mol. The van der Waals surface area contributed by atoms with Gasteiger partial charge in [-0.1, -0.05) is 37.1 Å². The molecule has 0 saturated heterocycles. The highest BCUT2D eigenvalue weighted by atomic mass is 35.5. The molecule has 25 heavy (non-hydrogen) atoms. The van der Waals surface area contributed by atoms with Gasteiger partial charge in [-0.05, 0) is 61.7 Å². The van der Waals surface area contributed by atoms with Crippen LogP contribution in [0.5, 0.6) is 0 Å². The van der Waals surface area contributed by atoms with Crippen molar-refractivity contribution in [2.24, 2.45) is 5.10 Å². The van der Waals surface area contributed by atoms with E-state index in [9.17, 15) is 4.79 Å². The lowest BCUT2D eigenvalue weighted by molar-refractivity contribution is 0.0954. The number of rotatable bonds is 8. The molecule has 0 fully saturated rings. The van der Waals surface area contributed by atoms with Crippen LogP contribution in [0.2, 0.25) is 5.02 Å². The van der Waals surface area contributed by atoms with E-state index < -0.39 is 0 Å². The number of unbranched alkanes of at least 4 members (excludes halogenated alkanes) is 1. The Labute approximate surface area is 158 Å². The fourth-order valence-electron chi connectivity index (χ4n) is 2.15. The van der Waals surface area contributed by atoms with Crippen molar-refractivity contribution in [3.8, 4) is 0 Å². The van der Waals surface area contributed by atoms with Gasteiger partial charge in [0, 0.05) is 26.9 Å². The van der Waals surface area contributed by atoms with E-state index in [1.165, 1.54) is 10.5 Å². The molecule has 0 saturated carbocycles. The van der Waals surface area contributed by atoms with E-state index in [1.807, 2.05) is 55.5 Å².